The monoisotopic (exact) mass is 450 g/mol. The van der Waals surface area contributed by atoms with Gasteiger partial charge in [0, 0.05) is 22.9 Å². The number of cyclic esters (lactones) is 1. The number of rotatable bonds is 7. The van der Waals surface area contributed by atoms with E-state index in [1.54, 1.807) is 31.2 Å². The van der Waals surface area contributed by atoms with Crippen molar-refractivity contribution in [3.8, 4) is 28.4 Å². The highest BCUT2D eigenvalue weighted by atomic mass is 16.7. The maximum absolute atomic E-state index is 12.9. The summed E-state index contributed by atoms with van der Waals surface area (Å²) in [7, 11) is 0. The van der Waals surface area contributed by atoms with Gasteiger partial charge in [-0.1, -0.05) is 13.0 Å². The summed E-state index contributed by atoms with van der Waals surface area (Å²) in [6.07, 6.45) is 0.321. The highest BCUT2D eigenvalue weighted by Gasteiger charge is 2.33. The van der Waals surface area contributed by atoms with Crippen molar-refractivity contribution in [2.75, 3.05) is 13.4 Å². The summed E-state index contributed by atoms with van der Waals surface area (Å²) in [6, 6.07) is 8.86. The number of ketones is 1. The molecule has 3 aromatic rings. The second-order valence-corrected chi connectivity index (χ2v) is 7.87. The lowest BCUT2D eigenvalue weighted by molar-refractivity contribution is -0.120. The van der Waals surface area contributed by atoms with Crippen LogP contribution in [0, 0.1) is 0 Å². The van der Waals surface area contributed by atoms with Crippen molar-refractivity contribution in [3.63, 3.8) is 0 Å². The van der Waals surface area contributed by atoms with Crippen LogP contribution in [0.3, 0.4) is 0 Å². The molecule has 0 radical (unpaired) electrons. The first-order chi connectivity index (χ1) is 16.0. The second-order valence-electron chi connectivity index (χ2n) is 7.87. The normalized spacial score (nSPS) is 13.8. The van der Waals surface area contributed by atoms with Crippen LogP contribution in [0.4, 0.5) is 0 Å². The van der Waals surface area contributed by atoms with Gasteiger partial charge in [0.25, 0.3) is 0 Å². The third kappa shape index (κ3) is 3.48. The molecule has 0 unspecified atom stereocenters. The summed E-state index contributed by atoms with van der Waals surface area (Å²) in [5, 5.41) is 21.0. The zero-order valence-corrected chi connectivity index (χ0v) is 18.0. The van der Waals surface area contributed by atoms with Crippen molar-refractivity contribution in [3.05, 3.63) is 52.6 Å². The Hall–Kier alpha value is -3.62. The third-order valence-corrected chi connectivity index (χ3v) is 6.01. The van der Waals surface area contributed by atoms with Crippen molar-refractivity contribution in [1.29, 1.82) is 0 Å². The third-order valence-electron chi connectivity index (χ3n) is 6.01. The summed E-state index contributed by atoms with van der Waals surface area (Å²) in [5.74, 6) is 0.957. The second kappa shape index (κ2) is 8.38. The molecular weight excluding hydrogens is 428 g/mol. The largest absolute Gasteiger partial charge is 0.485 e. The summed E-state index contributed by atoms with van der Waals surface area (Å²) in [4.78, 5) is 24.9. The number of esters is 1. The van der Waals surface area contributed by atoms with Crippen LogP contribution in [0.5, 0.6) is 17.2 Å². The topological polar surface area (TPSA) is 112 Å². The number of Topliss-reactive ketones (excluding diaryl/α,β-unsaturated/α-hetero) is 1. The highest BCUT2D eigenvalue weighted by Crippen LogP contribution is 2.47. The van der Waals surface area contributed by atoms with Gasteiger partial charge < -0.3 is 29.2 Å². The fourth-order valence-electron chi connectivity index (χ4n) is 4.28. The van der Waals surface area contributed by atoms with E-state index in [0.717, 1.165) is 0 Å². The van der Waals surface area contributed by atoms with Gasteiger partial charge in [-0.25, -0.2) is 4.79 Å². The van der Waals surface area contributed by atoms with Crippen LogP contribution in [-0.2, 0) is 29.4 Å². The predicted octanol–water partition coefficient (Wildman–Crippen LogP) is 3.25. The van der Waals surface area contributed by atoms with E-state index in [4.69, 9.17) is 18.9 Å². The maximum Gasteiger partial charge on any atom is 0.339 e. The summed E-state index contributed by atoms with van der Waals surface area (Å²) in [6.45, 7) is 1.15. The van der Waals surface area contributed by atoms with Crippen molar-refractivity contribution < 1.29 is 38.7 Å². The smallest absolute Gasteiger partial charge is 0.339 e. The Morgan fingerprint density at radius 1 is 0.970 bits per heavy atom. The standard InChI is InChI=1S/C25H22O8/c1-2-16(28)10-30-24-18-6-15(9-27)14(8-26)5-17(18)22(23-19(24)11-31-25(23)29)13-3-4-20-21(7-13)33-12-32-20/h3-7,26-27H,2,8-12H2,1H3. The molecule has 0 amide bonds. The van der Waals surface area contributed by atoms with E-state index in [2.05, 4.69) is 0 Å². The molecule has 170 valence electrons. The zero-order chi connectivity index (χ0) is 23.1. The molecule has 0 bridgehead atoms. The van der Waals surface area contributed by atoms with E-state index >= 15 is 0 Å². The molecule has 33 heavy (non-hydrogen) atoms. The van der Waals surface area contributed by atoms with E-state index in [9.17, 15) is 19.8 Å². The van der Waals surface area contributed by atoms with Gasteiger partial charge in [-0.05, 0) is 46.3 Å². The minimum Gasteiger partial charge on any atom is -0.485 e. The lowest BCUT2D eigenvalue weighted by atomic mass is 9.87. The molecule has 0 saturated heterocycles. The van der Waals surface area contributed by atoms with Crippen LogP contribution in [-0.4, -0.2) is 35.4 Å². The van der Waals surface area contributed by atoms with Gasteiger partial charge in [-0.15, -0.1) is 0 Å². The molecule has 0 aliphatic carbocycles. The average Bonchev–Trinajstić information content (AvgIpc) is 3.46. The number of hydrogen-bond donors (Lipinski definition) is 2. The number of aliphatic hydroxyl groups is 2. The zero-order valence-electron chi connectivity index (χ0n) is 18.0. The summed E-state index contributed by atoms with van der Waals surface area (Å²) < 4.78 is 22.3. The molecule has 0 saturated carbocycles. The van der Waals surface area contributed by atoms with Crippen LogP contribution in [0.25, 0.3) is 21.9 Å². The molecule has 2 aliphatic heterocycles. The molecule has 3 aromatic carbocycles. The summed E-state index contributed by atoms with van der Waals surface area (Å²) >= 11 is 0. The van der Waals surface area contributed by atoms with Crippen molar-refractivity contribution >= 4 is 22.5 Å². The lowest BCUT2D eigenvalue weighted by Crippen LogP contribution is -2.12. The highest BCUT2D eigenvalue weighted by molar-refractivity contribution is 6.13. The van der Waals surface area contributed by atoms with Crippen molar-refractivity contribution in [2.45, 2.75) is 33.2 Å². The van der Waals surface area contributed by atoms with Gasteiger partial charge in [0.2, 0.25) is 6.79 Å². The molecule has 0 atom stereocenters. The molecule has 2 aliphatic rings. The average molecular weight is 450 g/mol. The van der Waals surface area contributed by atoms with E-state index in [1.807, 2.05) is 6.07 Å². The minimum atomic E-state index is -0.497. The van der Waals surface area contributed by atoms with E-state index in [-0.39, 0.29) is 39.0 Å². The van der Waals surface area contributed by atoms with Crippen LogP contribution in [0.15, 0.2) is 30.3 Å². The minimum absolute atomic E-state index is 0.00746. The Morgan fingerprint density at radius 3 is 2.42 bits per heavy atom. The predicted molar refractivity (Wildman–Crippen MR) is 117 cm³/mol. The first kappa shape index (κ1) is 21.2. The van der Waals surface area contributed by atoms with Crippen molar-refractivity contribution in [2.24, 2.45) is 0 Å². The number of carbonyl (C=O) groups is 2. The molecule has 8 heteroatoms. The first-order valence-corrected chi connectivity index (χ1v) is 10.6. The van der Waals surface area contributed by atoms with Gasteiger partial charge in [0.05, 0.1) is 18.8 Å². The maximum atomic E-state index is 12.9. The van der Waals surface area contributed by atoms with E-state index in [1.165, 1.54) is 0 Å². The van der Waals surface area contributed by atoms with Gasteiger partial charge in [-0.2, -0.15) is 0 Å². The number of hydrogen-bond acceptors (Lipinski definition) is 8. The number of benzene rings is 3. The Labute approximate surface area is 189 Å². The van der Waals surface area contributed by atoms with Crippen molar-refractivity contribution in [1.82, 2.24) is 0 Å². The van der Waals surface area contributed by atoms with E-state index < -0.39 is 5.97 Å². The number of ether oxygens (including phenoxy) is 4. The molecule has 2 N–H and O–H groups in total. The molecular formula is C25H22O8. The van der Waals surface area contributed by atoms with Crippen LogP contribution < -0.4 is 14.2 Å². The Balaban J connectivity index is 1.83. The number of carbonyl (C=O) groups excluding carboxylic acids is 2. The Bertz CT molecular complexity index is 1290. The Morgan fingerprint density at radius 2 is 1.70 bits per heavy atom. The molecule has 2 heterocycles. The lowest BCUT2D eigenvalue weighted by Gasteiger charge is -2.19. The fraction of sp³-hybridized carbons (Fsp3) is 0.280. The number of aliphatic hydroxyl groups excluding tert-OH is 2. The van der Waals surface area contributed by atoms with Crippen LogP contribution in [0.2, 0.25) is 0 Å². The quantitative estimate of drug-likeness (QED) is 0.528. The molecule has 5 rings (SSSR count). The number of fused-ring (bicyclic) bond motifs is 3. The fourth-order valence-corrected chi connectivity index (χ4v) is 4.28. The van der Waals surface area contributed by atoms with Gasteiger partial charge in [0.1, 0.15) is 19.0 Å². The van der Waals surface area contributed by atoms with Crippen LogP contribution in [0.1, 0.15) is 40.4 Å². The van der Waals surface area contributed by atoms with Gasteiger partial charge in [0.15, 0.2) is 17.3 Å². The summed E-state index contributed by atoms with van der Waals surface area (Å²) in [5.41, 5.74) is 3.25. The van der Waals surface area contributed by atoms with Gasteiger partial charge >= 0.3 is 5.97 Å². The Kier molecular flexibility index (Phi) is 5.39. The van der Waals surface area contributed by atoms with Crippen LogP contribution >= 0.6 is 0 Å². The SMILES string of the molecule is CCC(=O)COc1c2c(c(-c3ccc4c(c3)OCO4)c3cc(CO)c(CO)cc13)C(=O)OC2. The molecule has 0 spiro atoms. The van der Waals surface area contributed by atoms with E-state index in [0.29, 0.717) is 67.8 Å². The molecule has 0 fully saturated rings. The van der Waals surface area contributed by atoms with Gasteiger partial charge in [-0.3, -0.25) is 4.79 Å². The first-order valence-electron chi connectivity index (χ1n) is 10.6. The molecule has 0 aromatic heterocycles. The molecule has 8 nitrogen and oxygen atoms in total.